The van der Waals surface area contributed by atoms with Crippen LogP contribution in [0.15, 0.2) is 30.3 Å². The van der Waals surface area contributed by atoms with Crippen LogP contribution in [-0.4, -0.2) is 29.2 Å². The van der Waals surface area contributed by atoms with Crippen LogP contribution in [0.1, 0.15) is 44.1 Å². The maximum Gasteiger partial charge on any atom is 0.315 e. The lowest BCUT2D eigenvalue weighted by molar-refractivity contribution is -0.137. The molecule has 22 heavy (non-hydrogen) atoms. The topological polar surface area (TPSA) is 78.4 Å². The van der Waals surface area contributed by atoms with E-state index in [0.29, 0.717) is 13.0 Å². The first-order valence-electron chi connectivity index (χ1n) is 7.91. The third-order valence-electron chi connectivity index (χ3n) is 4.18. The molecule has 0 saturated heterocycles. The SMILES string of the molecule is O=C(O)CCCNC(=O)NC1(Cc2ccccc2)CCCC1. The van der Waals surface area contributed by atoms with Gasteiger partial charge >= 0.3 is 12.0 Å². The average molecular weight is 304 g/mol. The highest BCUT2D eigenvalue weighted by atomic mass is 16.4. The highest BCUT2D eigenvalue weighted by Gasteiger charge is 2.35. The zero-order valence-corrected chi connectivity index (χ0v) is 12.8. The summed E-state index contributed by atoms with van der Waals surface area (Å²) in [6.45, 7) is 0.388. The lowest BCUT2D eigenvalue weighted by atomic mass is 9.89. The molecule has 0 unspecified atom stereocenters. The number of carbonyl (C=O) groups excluding carboxylic acids is 1. The van der Waals surface area contributed by atoms with Gasteiger partial charge in [-0.25, -0.2) is 4.79 Å². The molecule has 2 amide bonds. The van der Waals surface area contributed by atoms with Crippen molar-refractivity contribution in [2.45, 2.75) is 50.5 Å². The lowest BCUT2D eigenvalue weighted by Gasteiger charge is -2.30. The van der Waals surface area contributed by atoms with E-state index < -0.39 is 5.97 Å². The molecule has 5 nitrogen and oxygen atoms in total. The van der Waals surface area contributed by atoms with Gasteiger partial charge in [-0.1, -0.05) is 43.2 Å². The summed E-state index contributed by atoms with van der Waals surface area (Å²) in [4.78, 5) is 22.5. The zero-order chi connectivity index (χ0) is 15.8. The van der Waals surface area contributed by atoms with Crippen molar-refractivity contribution in [2.24, 2.45) is 0 Å². The number of urea groups is 1. The third-order valence-corrected chi connectivity index (χ3v) is 4.18. The van der Waals surface area contributed by atoms with Gasteiger partial charge in [-0.05, 0) is 31.2 Å². The van der Waals surface area contributed by atoms with Gasteiger partial charge in [0.05, 0.1) is 0 Å². The van der Waals surface area contributed by atoms with Crippen LogP contribution in [0.3, 0.4) is 0 Å². The van der Waals surface area contributed by atoms with E-state index in [1.807, 2.05) is 18.2 Å². The third kappa shape index (κ3) is 5.06. The van der Waals surface area contributed by atoms with E-state index in [2.05, 4.69) is 22.8 Å². The van der Waals surface area contributed by atoms with Crippen molar-refractivity contribution < 1.29 is 14.7 Å². The van der Waals surface area contributed by atoms with E-state index in [0.717, 1.165) is 32.1 Å². The van der Waals surface area contributed by atoms with Crippen LogP contribution in [0.4, 0.5) is 4.79 Å². The molecule has 1 aromatic rings. The van der Waals surface area contributed by atoms with Gasteiger partial charge in [0.2, 0.25) is 0 Å². The number of aliphatic carboxylic acids is 1. The number of rotatable bonds is 7. The second-order valence-corrected chi connectivity index (χ2v) is 6.03. The number of hydrogen-bond acceptors (Lipinski definition) is 2. The van der Waals surface area contributed by atoms with Crippen LogP contribution in [0, 0.1) is 0 Å². The molecule has 3 N–H and O–H groups in total. The fourth-order valence-electron chi connectivity index (χ4n) is 3.11. The predicted molar refractivity (Wildman–Crippen MR) is 84.7 cm³/mol. The van der Waals surface area contributed by atoms with Crippen molar-refractivity contribution in [3.8, 4) is 0 Å². The number of amides is 2. The largest absolute Gasteiger partial charge is 0.481 e. The Morgan fingerprint density at radius 3 is 2.45 bits per heavy atom. The Morgan fingerprint density at radius 2 is 1.82 bits per heavy atom. The maximum absolute atomic E-state index is 12.1. The van der Waals surface area contributed by atoms with E-state index in [1.54, 1.807) is 0 Å². The van der Waals surface area contributed by atoms with Crippen LogP contribution < -0.4 is 10.6 Å². The fraction of sp³-hybridized carbons (Fsp3) is 0.529. The van der Waals surface area contributed by atoms with E-state index in [1.165, 1.54) is 5.56 Å². The first-order chi connectivity index (χ1) is 10.6. The molecule has 0 atom stereocenters. The Hall–Kier alpha value is -2.04. The normalized spacial score (nSPS) is 16.2. The lowest BCUT2D eigenvalue weighted by Crippen LogP contribution is -2.52. The monoisotopic (exact) mass is 304 g/mol. The molecule has 1 saturated carbocycles. The highest BCUT2D eigenvalue weighted by Crippen LogP contribution is 2.32. The van der Waals surface area contributed by atoms with Gasteiger partial charge < -0.3 is 15.7 Å². The average Bonchev–Trinajstić information content (AvgIpc) is 2.92. The quantitative estimate of drug-likeness (QED) is 0.678. The summed E-state index contributed by atoms with van der Waals surface area (Å²) in [7, 11) is 0. The second kappa shape index (κ2) is 7.82. The van der Waals surface area contributed by atoms with Crippen molar-refractivity contribution in [2.75, 3.05) is 6.54 Å². The molecular formula is C17H24N2O3. The predicted octanol–water partition coefficient (Wildman–Crippen LogP) is 2.71. The smallest absolute Gasteiger partial charge is 0.315 e. The van der Waals surface area contributed by atoms with Gasteiger partial charge in [0, 0.05) is 18.5 Å². The summed E-state index contributed by atoms with van der Waals surface area (Å²) in [5.74, 6) is -0.835. The molecule has 5 heteroatoms. The standard InChI is InChI=1S/C17H24N2O3/c20-15(21)9-6-12-18-16(22)19-17(10-4-5-11-17)13-14-7-2-1-3-8-14/h1-3,7-8H,4-6,9-13H2,(H,20,21)(H2,18,19,22). The zero-order valence-electron chi connectivity index (χ0n) is 12.8. The fourth-order valence-corrected chi connectivity index (χ4v) is 3.11. The molecule has 1 aliphatic rings. The van der Waals surface area contributed by atoms with Crippen LogP contribution in [0.5, 0.6) is 0 Å². The molecule has 0 radical (unpaired) electrons. The number of nitrogens with one attached hydrogen (secondary N) is 2. The highest BCUT2D eigenvalue weighted by molar-refractivity contribution is 5.75. The van der Waals surface area contributed by atoms with Gasteiger partial charge in [-0.2, -0.15) is 0 Å². The first-order valence-corrected chi connectivity index (χ1v) is 7.91. The Morgan fingerprint density at radius 1 is 1.14 bits per heavy atom. The van der Waals surface area contributed by atoms with Gasteiger partial charge in [0.25, 0.3) is 0 Å². The summed E-state index contributed by atoms with van der Waals surface area (Å²) in [6.07, 6.45) is 5.62. The van der Waals surface area contributed by atoms with Gasteiger partial charge in [0.15, 0.2) is 0 Å². The number of carbonyl (C=O) groups is 2. The molecule has 0 aliphatic heterocycles. The van der Waals surface area contributed by atoms with Crippen molar-refractivity contribution in [3.05, 3.63) is 35.9 Å². The summed E-state index contributed by atoms with van der Waals surface area (Å²) >= 11 is 0. The molecule has 0 aromatic heterocycles. The second-order valence-electron chi connectivity index (χ2n) is 6.03. The van der Waals surface area contributed by atoms with Crippen LogP contribution in [-0.2, 0) is 11.2 Å². The summed E-state index contributed by atoms with van der Waals surface area (Å²) < 4.78 is 0. The van der Waals surface area contributed by atoms with Gasteiger partial charge in [0.1, 0.15) is 0 Å². The van der Waals surface area contributed by atoms with Crippen molar-refractivity contribution in [3.63, 3.8) is 0 Å². The molecule has 0 heterocycles. The molecular weight excluding hydrogens is 280 g/mol. The minimum atomic E-state index is -0.835. The number of carboxylic acid groups (broad SMARTS) is 1. The Balaban J connectivity index is 1.85. The summed E-state index contributed by atoms with van der Waals surface area (Å²) in [6, 6.07) is 10.0. The van der Waals surface area contributed by atoms with Crippen LogP contribution in [0.2, 0.25) is 0 Å². The van der Waals surface area contributed by atoms with Crippen LogP contribution >= 0.6 is 0 Å². The summed E-state index contributed by atoms with van der Waals surface area (Å²) in [5, 5.41) is 14.5. The van der Waals surface area contributed by atoms with Crippen molar-refractivity contribution >= 4 is 12.0 Å². The van der Waals surface area contributed by atoms with Crippen molar-refractivity contribution in [1.29, 1.82) is 0 Å². The van der Waals surface area contributed by atoms with Crippen molar-refractivity contribution in [1.82, 2.24) is 10.6 Å². The Kier molecular flexibility index (Phi) is 5.81. The number of carboxylic acids is 1. The number of hydrogen-bond donors (Lipinski definition) is 3. The molecule has 0 spiro atoms. The van der Waals surface area contributed by atoms with Gasteiger partial charge in [-0.15, -0.1) is 0 Å². The molecule has 1 aromatic carbocycles. The van der Waals surface area contributed by atoms with E-state index >= 15 is 0 Å². The minimum absolute atomic E-state index is 0.0788. The molecule has 1 aliphatic carbocycles. The Bertz CT molecular complexity index is 496. The van der Waals surface area contributed by atoms with E-state index in [-0.39, 0.29) is 18.0 Å². The molecule has 1 fully saturated rings. The molecule has 0 bridgehead atoms. The Labute approximate surface area is 131 Å². The van der Waals surface area contributed by atoms with Gasteiger partial charge in [-0.3, -0.25) is 4.79 Å². The minimum Gasteiger partial charge on any atom is -0.481 e. The first kappa shape index (κ1) is 16.3. The summed E-state index contributed by atoms with van der Waals surface area (Å²) in [5.41, 5.74) is 1.06. The van der Waals surface area contributed by atoms with E-state index in [4.69, 9.17) is 5.11 Å². The number of benzene rings is 1. The van der Waals surface area contributed by atoms with Crippen LogP contribution in [0.25, 0.3) is 0 Å². The molecule has 120 valence electrons. The molecule has 2 rings (SSSR count). The maximum atomic E-state index is 12.1. The van der Waals surface area contributed by atoms with E-state index in [9.17, 15) is 9.59 Å².